The fourth-order valence-corrected chi connectivity index (χ4v) is 8.71. The second kappa shape index (κ2) is 10.3. The number of amides is 2. The number of unbranched alkanes of at least 4 members (excludes halogenated alkanes) is 2. The van der Waals surface area contributed by atoms with Gasteiger partial charge in [-0.25, -0.2) is 0 Å². The van der Waals surface area contributed by atoms with Crippen LogP contribution in [0.4, 0.5) is 0 Å². The van der Waals surface area contributed by atoms with E-state index >= 15 is 0 Å². The summed E-state index contributed by atoms with van der Waals surface area (Å²) in [5.41, 5.74) is 0.776. The molecule has 1 aromatic carbocycles. The van der Waals surface area contributed by atoms with Crippen LogP contribution in [-0.4, -0.2) is 63.6 Å². The summed E-state index contributed by atoms with van der Waals surface area (Å²) in [4.78, 5) is 42.5. The molecular weight excluding hydrogens is 452 g/mol. The van der Waals surface area contributed by atoms with E-state index in [2.05, 4.69) is 19.2 Å². The largest absolute Gasteiger partial charge is 0.466 e. The molecule has 0 saturated carbocycles. The van der Waals surface area contributed by atoms with E-state index < -0.39 is 28.7 Å². The molecule has 3 fully saturated rings. The van der Waals surface area contributed by atoms with Gasteiger partial charge in [-0.2, -0.15) is 0 Å². The van der Waals surface area contributed by atoms with Gasteiger partial charge < -0.3 is 20.1 Å². The summed E-state index contributed by atoms with van der Waals surface area (Å²) in [6, 6.07) is 7.93. The summed E-state index contributed by atoms with van der Waals surface area (Å²) in [6.45, 7) is 6.47. The van der Waals surface area contributed by atoms with E-state index in [9.17, 15) is 19.5 Å². The van der Waals surface area contributed by atoms with Crippen molar-refractivity contribution < 1.29 is 24.2 Å². The quantitative estimate of drug-likeness (QED) is 0.388. The Balaban J connectivity index is 1.76. The third-order valence-electron chi connectivity index (χ3n) is 7.76. The number of fused-ring (bicyclic) bond motifs is 1. The summed E-state index contributed by atoms with van der Waals surface area (Å²) in [6.07, 6.45) is 3.70. The number of carbonyl (C=O) groups excluding carboxylic acids is 3. The predicted molar refractivity (Wildman–Crippen MR) is 131 cm³/mol. The lowest BCUT2D eigenvalue weighted by atomic mass is 9.66. The first-order chi connectivity index (χ1) is 16.4. The maximum absolute atomic E-state index is 14.1. The second-order valence-electron chi connectivity index (χ2n) is 9.66. The van der Waals surface area contributed by atoms with Crippen molar-refractivity contribution in [1.29, 1.82) is 0 Å². The summed E-state index contributed by atoms with van der Waals surface area (Å²) < 4.78 is 4.68. The molecule has 1 aromatic rings. The van der Waals surface area contributed by atoms with Gasteiger partial charge in [-0.05, 0) is 31.2 Å². The number of benzene rings is 1. The Hall–Kier alpha value is -2.06. The van der Waals surface area contributed by atoms with Crippen LogP contribution in [0.2, 0.25) is 0 Å². The lowest BCUT2D eigenvalue weighted by molar-refractivity contribution is -0.154. The average molecular weight is 489 g/mol. The first-order valence-corrected chi connectivity index (χ1v) is 13.4. The number of rotatable bonds is 10. The highest BCUT2D eigenvalue weighted by molar-refractivity contribution is 8.02. The standard InChI is InChI=1S/C26H36N2O5S/c1-4-6-10-13-27-23(30)22-26-16(3)14-19(34-26)20(25(32)33-5-2)21(26)24(31)28(22)18(15-29)17-11-8-7-9-12-17/h7-9,11-12,16,18-22,29H,4-6,10,13-15H2,1-3H3,(H,27,30)/t16?,18-,19-,20+,21+,22?,26?/m1/s1. The van der Waals surface area contributed by atoms with Crippen LogP contribution < -0.4 is 5.32 Å². The minimum absolute atomic E-state index is 0.0372. The normalized spacial score (nSPS) is 32.5. The molecule has 1 spiro atoms. The minimum Gasteiger partial charge on any atom is -0.466 e. The molecule has 3 aliphatic heterocycles. The molecule has 3 unspecified atom stereocenters. The van der Waals surface area contributed by atoms with Crippen molar-refractivity contribution in [3.63, 3.8) is 0 Å². The molecule has 4 rings (SSSR count). The number of ether oxygens (including phenoxy) is 1. The Morgan fingerprint density at radius 1 is 1.26 bits per heavy atom. The van der Waals surface area contributed by atoms with E-state index in [0.29, 0.717) is 6.54 Å². The zero-order valence-electron chi connectivity index (χ0n) is 20.2. The SMILES string of the molecule is CCCCCNC(=O)C1N([C@H](CO)c2ccccc2)C(=O)[C@@H]2[C@@H](C(=O)OCC)[C@H]3CC(C)C12S3. The van der Waals surface area contributed by atoms with Crippen molar-refractivity contribution in [3.8, 4) is 0 Å². The van der Waals surface area contributed by atoms with Gasteiger partial charge in [0.2, 0.25) is 11.8 Å². The van der Waals surface area contributed by atoms with Gasteiger partial charge in [-0.3, -0.25) is 14.4 Å². The molecule has 7 nitrogen and oxygen atoms in total. The third kappa shape index (κ3) is 3.92. The van der Waals surface area contributed by atoms with Gasteiger partial charge in [0.25, 0.3) is 0 Å². The van der Waals surface area contributed by atoms with Crippen LogP contribution in [-0.2, 0) is 19.1 Å². The number of aliphatic hydroxyl groups is 1. The Labute approximate surface area is 206 Å². The smallest absolute Gasteiger partial charge is 0.310 e. The zero-order chi connectivity index (χ0) is 24.5. The number of esters is 1. The average Bonchev–Trinajstić information content (AvgIpc) is 3.42. The van der Waals surface area contributed by atoms with Gasteiger partial charge in [0.15, 0.2) is 0 Å². The van der Waals surface area contributed by atoms with Crippen LogP contribution in [0.25, 0.3) is 0 Å². The second-order valence-corrected chi connectivity index (χ2v) is 11.2. The lowest BCUT2D eigenvalue weighted by Gasteiger charge is -2.40. The molecule has 2 amide bonds. The lowest BCUT2D eigenvalue weighted by Crippen LogP contribution is -2.57. The summed E-state index contributed by atoms with van der Waals surface area (Å²) in [5.74, 6) is -1.88. The predicted octanol–water partition coefficient (Wildman–Crippen LogP) is 2.93. The molecular formula is C26H36N2O5S. The Morgan fingerprint density at radius 3 is 2.65 bits per heavy atom. The van der Waals surface area contributed by atoms with Crippen molar-refractivity contribution in [2.75, 3.05) is 19.8 Å². The third-order valence-corrected chi connectivity index (χ3v) is 9.84. The van der Waals surface area contributed by atoms with Crippen LogP contribution in [0.15, 0.2) is 30.3 Å². The first-order valence-electron chi connectivity index (χ1n) is 12.5. The van der Waals surface area contributed by atoms with E-state index in [1.807, 2.05) is 30.3 Å². The number of hydrogen-bond acceptors (Lipinski definition) is 6. The number of nitrogens with one attached hydrogen (secondary N) is 1. The Kier molecular flexibility index (Phi) is 7.57. The molecule has 3 heterocycles. The Bertz CT molecular complexity index is 912. The molecule has 0 aliphatic carbocycles. The van der Waals surface area contributed by atoms with Crippen LogP contribution in [0.3, 0.4) is 0 Å². The number of nitrogens with zero attached hydrogens (tertiary/aromatic N) is 1. The minimum atomic E-state index is -0.756. The van der Waals surface area contributed by atoms with Crippen LogP contribution >= 0.6 is 11.8 Å². The van der Waals surface area contributed by atoms with Gasteiger partial charge in [-0.15, -0.1) is 11.8 Å². The zero-order valence-corrected chi connectivity index (χ0v) is 21.1. The highest BCUT2D eigenvalue weighted by Gasteiger charge is 2.76. The number of hydrogen-bond donors (Lipinski definition) is 2. The van der Waals surface area contributed by atoms with Crippen molar-refractivity contribution in [1.82, 2.24) is 10.2 Å². The molecule has 7 atom stereocenters. The van der Waals surface area contributed by atoms with Gasteiger partial charge in [-0.1, -0.05) is 57.0 Å². The van der Waals surface area contributed by atoms with Crippen molar-refractivity contribution in [2.24, 2.45) is 17.8 Å². The number of thioether (sulfide) groups is 1. The summed E-state index contributed by atoms with van der Waals surface area (Å²) in [5, 5.41) is 13.5. The molecule has 186 valence electrons. The van der Waals surface area contributed by atoms with E-state index in [1.165, 1.54) is 0 Å². The van der Waals surface area contributed by atoms with Crippen molar-refractivity contribution >= 4 is 29.5 Å². The van der Waals surface area contributed by atoms with Crippen LogP contribution in [0.1, 0.15) is 58.1 Å². The van der Waals surface area contributed by atoms with Gasteiger partial charge in [0, 0.05) is 11.8 Å². The molecule has 2 bridgehead atoms. The van der Waals surface area contributed by atoms with Gasteiger partial charge in [0.05, 0.1) is 35.8 Å². The monoisotopic (exact) mass is 488 g/mol. The van der Waals surface area contributed by atoms with E-state index in [4.69, 9.17) is 4.74 Å². The maximum Gasteiger partial charge on any atom is 0.310 e. The van der Waals surface area contributed by atoms with E-state index in [-0.39, 0.29) is 42.2 Å². The number of carbonyl (C=O) groups is 3. The van der Waals surface area contributed by atoms with E-state index in [1.54, 1.807) is 23.6 Å². The maximum atomic E-state index is 14.1. The fourth-order valence-electron chi connectivity index (χ4n) is 6.31. The highest BCUT2D eigenvalue weighted by atomic mass is 32.2. The number of aliphatic hydroxyl groups excluding tert-OH is 1. The van der Waals surface area contributed by atoms with Gasteiger partial charge in [0.1, 0.15) is 6.04 Å². The molecule has 3 saturated heterocycles. The topological polar surface area (TPSA) is 95.9 Å². The van der Waals surface area contributed by atoms with Crippen molar-refractivity contribution in [2.45, 2.75) is 68.5 Å². The fraction of sp³-hybridized carbons (Fsp3) is 0.654. The Morgan fingerprint density at radius 2 is 2.00 bits per heavy atom. The summed E-state index contributed by atoms with van der Waals surface area (Å²) >= 11 is 1.62. The van der Waals surface area contributed by atoms with E-state index in [0.717, 1.165) is 31.2 Å². The number of likely N-dealkylation sites (tertiary alicyclic amines) is 1. The molecule has 8 heteroatoms. The van der Waals surface area contributed by atoms with Crippen LogP contribution in [0.5, 0.6) is 0 Å². The molecule has 0 aromatic heterocycles. The molecule has 34 heavy (non-hydrogen) atoms. The summed E-state index contributed by atoms with van der Waals surface area (Å²) in [7, 11) is 0. The van der Waals surface area contributed by atoms with Crippen molar-refractivity contribution in [3.05, 3.63) is 35.9 Å². The molecule has 0 radical (unpaired) electrons. The molecule has 3 aliphatic rings. The van der Waals surface area contributed by atoms with Crippen LogP contribution in [0, 0.1) is 17.8 Å². The van der Waals surface area contributed by atoms with Gasteiger partial charge >= 0.3 is 5.97 Å². The first kappa shape index (κ1) is 25.0. The highest BCUT2D eigenvalue weighted by Crippen LogP contribution is 2.69. The molecule has 2 N–H and O–H groups in total.